The molecule has 0 radical (unpaired) electrons. The van der Waals surface area contributed by atoms with Crippen LogP contribution < -0.4 is 5.32 Å². The minimum absolute atomic E-state index is 0.0125. The first kappa shape index (κ1) is 30.2. The molecule has 0 spiro atoms. The van der Waals surface area contributed by atoms with Gasteiger partial charge in [-0.15, -0.1) is 0 Å². The second-order valence-corrected chi connectivity index (χ2v) is 16.3. The minimum Gasteiger partial charge on any atom is -0.352 e. The van der Waals surface area contributed by atoms with E-state index in [1.807, 2.05) is 18.2 Å². The van der Waals surface area contributed by atoms with Crippen molar-refractivity contribution in [1.29, 1.82) is 0 Å². The zero-order chi connectivity index (χ0) is 29.9. The predicted octanol–water partition coefficient (Wildman–Crippen LogP) is 8.10. The Morgan fingerprint density at radius 2 is 1.66 bits per heavy atom. The normalized spacial score (nSPS) is 39.8. The lowest BCUT2D eigenvalue weighted by molar-refractivity contribution is -0.173. The Kier molecular flexibility index (Phi) is 7.52. The molecule has 224 valence electrons. The predicted molar refractivity (Wildman–Crippen MR) is 165 cm³/mol. The van der Waals surface area contributed by atoms with Crippen LogP contribution in [0.2, 0.25) is 0 Å². The number of aldehydes is 2. The zero-order valence-corrected chi connectivity index (χ0v) is 26.6. The van der Waals surface area contributed by atoms with Crippen molar-refractivity contribution >= 4 is 18.5 Å². The third kappa shape index (κ3) is 4.58. The van der Waals surface area contributed by atoms with Crippen LogP contribution in [0.25, 0.3) is 0 Å². The van der Waals surface area contributed by atoms with Gasteiger partial charge in [0.2, 0.25) is 5.91 Å². The van der Waals surface area contributed by atoms with Crippen molar-refractivity contribution in [2.45, 2.75) is 113 Å². The second kappa shape index (κ2) is 10.2. The maximum absolute atomic E-state index is 14.2. The fourth-order valence-electron chi connectivity index (χ4n) is 10.7. The van der Waals surface area contributed by atoms with Crippen LogP contribution in [0.15, 0.2) is 42.0 Å². The molecule has 4 heteroatoms. The fourth-order valence-corrected chi connectivity index (χ4v) is 10.7. The number of benzene rings is 1. The standard InChI is InChI=1S/C37H53NO3/c1-32(2)17-19-37(31(41)38-24-26-11-9-8-10-12-26)20-18-35(6)27(28(37)23-32)13-14-30-34(5,21-22-39)29(33(3,4)25-40)15-16-36(30,35)7/h8-13,22,25,28-30H,14-21,23-24H2,1-7H3,(H,38,41)/t28-,29-,30+,34-,35+,36+,37-/m0/s1. The summed E-state index contributed by atoms with van der Waals surface area (Å²) in [5, 5.41) is 3.38. The molecule has 4 aliphatic rings. The Balaban J connectivity index is 1.54. The highest BCUT2D eigenvalue weighted by atomic mass is 16.2. The van der Waals surface area contributed by atoms with Gasteiger partial charge in [0.05, 0.1) is 5.41 Å². The molecule has 0 heterocycles. The molecule has 1 aromatic rings. The molecule has 0 unspecified atom stereocenters. The van der Waals surface area contributed by atoms with Gasteiger partial charge < -0.3 is 14.9 Å². The van der Waals surface area contributed by atoms with Crippen molar-refractivity contribution < 1.29 is 14.4 Å². The molecular formula is C37H53NO3. The van der Waals surface area contributed by atoms with Crippen LogP contribution in [0, 0.1) is 50.2 Å². The molecule has 4 nitrogen and oxygen atoms in total. The van der Waals surface area contributed by atoms with Crippen LogP contribution in [0.4, 0.5) is 0 Å². The van der Waals surface area contributed by atoms with Crippen molar-refractivity contribution in [2.75, 3.05) is 0 Å². The summed E-state index contributed by atoms with van der Waals surface area (Å²) in [5.74, 6) is 0.969. The Labute approximate surface area is 248 Å². The molecule has 0 aliphatic heterocycles. The third-order valence-electron chi connectivity index (χ3n) is 13.4. The molecule has 5 rings (SSSR count). The Hall–Kier alpha value is -2.23. The molecule has 0 saturated heterocycles. The number of nitrogens with one attached hydrogen (secondary N) is 1. The van der Waals surface area contributed by atoms with Crippen LogP contribution in [-0.4, -0.2) is 18.5 Å². The first-order chi connectivity index (χ1) is 19.2. The molecule has 41 heavy (non-hydrogen) atoms. The monoisotopic (exact) mass is 559 g/mol. The number of hydrogen-bond donors (Lipinski definition) is 1. The van der Waals surface area contributed by atoms with Gasteiger partial charge in [-0.2, -0.15) is 0 Å². The largest absolute Gasteiger partial charge is 0.352 e. The highest BCUT2D eigenvalue weighted by molar-refractivity contribution is 5.84. The number of amides is 1. The fraction of sp³-hybridized carbons (Fsp3) is 0.703. The van der Waals surface area contributed by atoms with E-state index < -0.39 is 5.41 Å². The Morgan fingerprint density at radius 1 is 0.976 bits per heavy atom. The van der Waals surface area contributed by atoms with E-state index in [9.17, 15) is 14.4 Å². The summed E-state index contributed by atoms with van der Waals surface area (Å²) in [6, 6.07) is 10.2. The lowest BCUT2D eigenvalue weighted by atomic mass is 9.34. The van der Waals surface area contributed by atoms with E-state index in [0.717, 1.165) is 69.5 Å². The van der Waals surface area contributed by atoms with E-state index in [0.29, 0.717) is 18.9 Å². The number of fused-ring (bicyclic) bond motifs is 5. The van der Waals surface area contributed by atoms with Gasteiger partial charge in [0.15, 0.2) is 0 Å². The van der Waals surface area contributed by atoms with Crippen molar-refractivity contribution in [2.24, 2.45) is 50.2 Å². The summed E-state index contributed by atoms with van der Waals surface area (Å²) in [5.41, 5.74) is 1.78. The molecule has 1 amide bonds. The van der Waals surface area contributed by atoms with Crippen molar-refractivity contribution in [3.05, 3.63) is 47.5 Å². The lowest BCUT2D eigenvalue weighted by Crippen LogP contribution is -2.64. The van der Waals surface area contributed by atoms with Gasteiger partial charge in [-0.1, -0.05) is 90.4 Å². The number of carbonyl (C=O) groups is 3. The van der Waals surface area contributed by atoms with E-state index in [-0.39, 0.29) is 44.8 Å². The van der Waals surface area contributed by atoms with Gasteiger partial charge in [-0.25, -0.2) is 0 Å². The molecule has 1 N–H and O–H groups in total. The maximum atomic E-state index is 14.2. The summed E-state index contributed by atoms with van der Waals surface area (Å²) >= 11 is 0. The molecule has 0 aromatic heterocycles. The molecule has 4 aliphatic carbocycles. The maximum Gasteiger partial charge on any atom is 0.227 e. The van der Waals surface area contributed by atoms with Crippen molar-refractivity contribution in [3.8, 4) is 0 Å². The van der Waals surface area contributed by atoms with Gasteiger partial charge in [-0.05, 0) is 96.3 Å². The lowest BCUT2D eigenvalue weighted by Gasteiger charge is -2.69. The minimum atomic E-state index is -0.462. The van der Waals surface area contributed by atoms with Crippen LogP contribution in [0.1, 0.15) is 112 Å². The average Bonchev–Trinajstić information content (AvgIpc) is 2.92. The first-order valence-electron chi connectivity index (χ1n) is 16.1. The summed E-state index contributed by atoms with van der Waals surface area (Å²) < 4.78 is 0. The number of allylic oxidation sites excluding steroid dienone is 2. The smallest absolute Gasteiger partial charge is 0.227 e. The highest BCUT2D eigenvalue weighted by Gasteiger charge is 2.68. The van der Waals surface area contributed by atoms with Crippen LogP contribution in [-0.2, 0) is 20.9 Å². The van der Waals surface area contributed by atoms with Crippen molar-refractivity contribution in [3.63, 3.8) is 0 Å². The summed E-state index contributed by atoms with van der Waals surface area (Å²) in [4.78, 5) is 38.7. The van der Waals surface area contributed by atoms with Gasteiger partial charge in [0.25, 0.3) is 0 Å². The SMILES string of the molecule is CC1(C)CC[C@]2(C(=O)NCc3ccccc3)CC[C@]3(C)C(=CC[C@@H]4[C@@](C)(CC=O)[C@H](C(C)(C)C=O)CC[C@]43C)[C@@H]2C1. The van der Waals surface area contributed by atoms with Gasteiger partial charge in [0, 0.05) is 18.4 Å². The van der Waals surface area contributed by atoms with Crippen LogP contribution >= 0.6 is 0 Å². The third-order valence-corrected chi connectivity index (χ3v) is 13.4. The summed E-state index contributed by atoms with van der Waals surface area (Å²) in [6.07, 6.45) is 13.2. The van der Waals surface area contributed by atoms with E-state index in [2.05, 4.69) is 72.0 Å². The Morgan fingerprint density at radius 3 is 2.32 bits per heavy atom. The van der Waals surface area contributed by atoms with E-state index in [1.54, 1.807) is 0 Å². The van der Waals surface area contributed by atoms with Crippen molar-refractivity contribution in [1.82, 2.24) is 5.32 Å². The zero-order valence-electron chi connectivity index (χ0n) is 26.6. The molecule has 1 aromatic carbocycles. The molecule has 3 saturated carbocycles. The van der Waals surface area contributed by atoms with Crippen LogP contribution in [0.5, 0.6) is 0 Å². The van der Waals surface area contributed by atoms with Crippen LogP contribution in [0.3, 0.4) is 0 Å². The second-order valence-electron chi connectivity index (χ2n) is 16.3. The summed E-state index contributed by atoms with van der Waals surface area (Å²) in [6.45, 7) is 16.8. The number of carbonyl (C=O) groups excluding carboxylic acids is 3. The van der Waals surface area contributed by atoms with Gasteiger partial charge in [0.1, 0.15) is 12.6 Å². The van der Waals surface area contributed by atoms with E-state index >= 15 is 0 Å². The van der Waals surface area contributed by atoms with E-state index in [4.69, 9.17) is 0 Å². The molecule has 3 fully saturated rings. The molecular weight excluding hydrogens is 506 g/mol. The van der Waals surface area contributed by atoms with Gasteiger partial charge >= 0.3 is 0 Å². The highest BCUT2D eigenvalue weighted by Crippen LogP contribution is 2.74. The topological polar surface area (TPSA) is 63.2 Å². The first-order valence-corrected chi connectivity index (χ1v) is 16.1. The quantitative estimate of drug-likeness (QED) is 0.271. The van der Waals surface area contributed by atoms with Gasteiger partial charge in [-0.3, -0.25) is 4.79 Å². The summed E-state index contributed by atoms with van der Waals surface area (Å²) in [7, 11) is 0. The number of hydrogen-bond acceptors (Lipinski definition) is 3. The molecule has 0 bridgehead atoms. The van der Waals surface area contributed by atoms with E-state index in [1.165, 1.54) is 5.57 Å². The number of rotatable bonds is 7. The average molecular weight is 560 g/mol. The molecule has 7 atom stereocenters. The Bertz CT molecular complexity index is 1220.